The highest BCUT2D eigenvalue weighted by atomic mass is 16.4. The van der Waals surface area contributed by atoms with Gasteiger partial charge in [-0.1, -0.05) is 13.8 Å². The number of carboxylic acid groups (broad SMARTS) is 1. The van der Waals surface area contributed by atoms with Crippen LogP contribution in [0.3, 0.4) is 0 Å². The molecule has 1 rings (SSSR count). The van der Waals surface area contributed by atoms with Gasteiger partial charge in [-0.2, -0.15) is 0 Å². The zero-order valence-corrected chi connectivity index (χ0v) is 7.53. The van der Waals surface area contributed by atoms with Crippen LogP contribution in [-0.2, 0) is 7.05 Å². The number of hydrogen-bond acceptors (Lipinski definition) is 1. The Hall–Kier alpha value is -1.25. The molecule has 0 spiro atoms. The fourth-order valence-corrected chi connectivity index (χ4v) is 1.12. The van der Waals surface area contributed by atoms with Crippen molar-refractivity contribution in [2.45, 2.75) is 19.8 Å². The summed E-state index contributed by atoms with van der Waals surface area (Å²) in [5, 5.41) is 8.74. The van der Waals surface area contributed by atoms with Crippen molar-refractivity contribution in [1.29, 1.82) is 0 Å². The van der Waals surface area contributed by atoms with Crippen molar-refractivity contribution >= 4 is 5.97 Å². The number of aromatic carboxylic acids is 1. The van der Waals surface area contributed by atoms with Crippen molar-refractivity contribution in [3.8, 4) is 0 Å². The molecule has 0 aliphatic rings. The highest BCUT2D eigenvalue weighted by Gasteiger charge is 2.10. The van der Waals surface area contributed by atoms with Crippen molar-refractivity contribution in [2.75, 3.05) is 0 Å². The van der Waals surface area contributed by atoms with E-state index in [2.05, 4.69) is 0 Å². The molecule has 0 aliphatic carbocycles. The molecule has 3 heteroatoms. The first kappa shape index (κ1) is 8.84. The summed E-state index contributed by atoms with van der Waals surface area (Å²) in [6.07, 6.45) is 1.86. The average Bonchev–Trinajstić information content (AvgIpc) is 2.30. The van der Waals surface area contributed by atoms with Gasteiger partial charge >= 0.3 is 5.97 Å². The van der Waals surface area contributed by atoms with Gasteiger partial charge in [0.25, 0.3) is 0 Å². The van der Waals surface area contributed by atoms with Crippen molar-refractivity contribution in [3.05, 3.63) is 23.5 Å². The number of carbonyl (C=O) groups is 1. The van der Waals surface area contributed by atoms with Crippen LogP contribution in [0.4, 0.5) is 0 Å². The molecule has 1 aromatic heterocycles. The normalized spacial score (nSPS) is 10.7. The van der Waals surface area contributed by atoms with Gasteiger partial charge in [0.05, 0.1) is 0 Å². The minimum absolute atomic E-state index is 0.346. The first-order valence-electron chi connectivity index (χ1n) is 3.92. The zero-order chi connectivity index (χ0) is 9.30. The van der Waals surface area contributed by atoms with Crippen LogP contribution < -0.4 is 0 Å². The van der Waals surface area contributed by atoms with Crippen molar-refractivity contribution in [3.63, 3.8) is 0 Å². The van der Waals surface area contributed by atoms with Gasteiger partial charge in [-0.05, 0) is 17.5 Å². The van der Waals surface area contributed by atoms with E-state index in [9.17, 15) is 4.79 Å². The standard InChI is InChI=1S/C9H13NO2/c1-6(2)7-4-8(9(11)12)10(3)5-7/h4-6H,1-3H3,(H,11,12). The molecule has 66 valence electrons. The van der Waals surface area contributed by atoms with Gasteiger partial charge in [-0.15, -0.1) is 0 Å². The number of aryl methyl sites for hydroxylation is 1. The average molecular weight is 167 g/mol. The van der Waals surface area contributed by atoms with Crippen LogP contribution in [0, 0.1) is 0 Å². The predicted octanol–water partition coefficient (Wildman–Crippen LogP) is 1.85. The summed E-state index contributed by atoms with van der Waals surface area (Å²) in [6.45, 7) is 4.09. The van der Waals surface area contributed by atoms with Crippen LogP contribution in [-0.4, -0.2) is 15.6 Å². The minimum Gasteiger partial charge on any atom is -0.477 e. The Labute approximate surface area is 71.6 Å². The highest BCUT2D eigenvalue weighted by Crippen LogP contribution is 2.16. The summed E-state index contributed by atoms with van der Waals surface area (Å²) in [4.78, 5) is 10.6. The Morgan fingerprint density at radius 1 is 1.58 bits per heavy atom. The molecule has 1 aromatic rings. The summed E-state index contributed by atoms with van der Waals surface area (Å²) in [7, 11) is 1.75. The first-order valence-corrected chi connectivity index (χ1v) is 3.92. The fraction of sp³-hybridized carbons (Fsp3) is 0.444. The summed E-state index contributed by atoms with van der Waals surface area (Å²) in [5.74, 6) is -0.492. The van der Waals surface area contributed by atoms with E-state index < -0.39 is 5.97 Å². The third kappa shape index (κ3) is 1.49. The Balaban J connectivity index is 3.09. The Morgan fingerprint density at radius 2 is 2.17 bits per heavy atom. The van der Waals surface area contributed by atoms with E-state index in [0.29, 0.717) is 11.6 Å². The lowest BCUT2D eigenvalue weighted by Crippen LogP contribution is -2.02. The Morgan fingerprint density at radius 3 is 2.42 bits per heavy atom. The molecule has 0 amide bonds. The van der Waals surface area contributed by atoms with Crippen LogP contribution in [0.15, 0.2) is 12.3 Å². The molecule has 0 radical (unpaired) electrons. The lowest BCUT2D eigenvalue weighted by Gasteiger charge is -1.97. The molecular weight excluding hydrogens is 154 g/mol. The van der Waals surface area contributed by atoms with Crippen LogP contribution in [0.5, 0.6) is 0 Å². The lowest BCUT2D eigenvalue weighted by molar-refractivity contribution is 0.0686. The van der Waals surface area contributed by atoms with Crippen molar-refractivity contribution in [1.82, 2.24) is 4.57 Å². The Bertz CT molecular complexity index is 299. The summed E-state index contributed by atoms with van der Waals surface area (Å²) in [6, 6.07) is 1.72. The number of carboxylic acids is 1. The van der Waals surface area contributed by atoms with E-state index in [-0.39, 0.29) is 0 Å². The van der Waals surface area contributed by atoms with E-state index in [0.717, 1.165) is 5.56 Å². The lowest BCUT2D eigenvalue weighted by atomic mass is 10.1. The smallest absolute Gasteiger partial charge is 0.352 e. The molecule has 0 aromatic carbocycles. The first-order chi connectivity index (χ1) is 5.52. The SMILES string of the molecule is CC(C)c1cc(C(=O)O)n(C)c1. The number of rotatable bonds is 2. The van der Waals surface area contributed by atoms with E-state index in [4.69, 9.17) is 5.11 Å². The third-order valence-corrected chi connectivity index (χ3v) is 1.91. The van der Waals surface area contributed by atoms with Crippen LogP contribution in [0.25, 0.3) is 0 Å². The molecule has 0 aliphatic heterocycles. The second-order valence-corrected chi connectivity index (χ2v) is 3.23. The quantitative estimate of drug-likeness (QED) is 0.730. The van der Waals surface area contributed by atoms with E-state index in [1.54, 1.807) is 17.7 Å². The number of nitrogens with zero attached hydrogens (tertiary/aromatic N) is 1. The largest absolute Gasteiger partial charge is 0.477 e. The number of aromatic nitrogens is 1. The van der Waals surface area contributed by atoms with Gasteiger partial charge in [0.1, 0.15) is 5.69 Å². The summed E-state index contributed by atoms with van der Waals surface area (Å²) in [5.41, 5.74) is 1.41. The maximum atomic E-state index is 10.6. The molecule has 1 heterocycles. The maximum absolute atomic E-state index is 10.6. The highest BCUT2D eigenvalue weighted by molar-refractivity contribution is 5.86. The van der Waals surface area contributed by atoms with Crippen LogP contribution in [0.1, 0.15) is 35.8 Å². The second-order valence-electron chi connectivity index (χ2n) is 3.23. The van der Waals surface area contributed by atoms with E-state index in [1.165, 1.54) is 0 Å². The van der Waals surface area contributed by atoms with Gasteiger partial charge in [-0.3, -0.25) is 0 Å². The van der Waals surface area contributed by atoms with Gasteiger partial charge in [-0.25, -0.2) is 4.79 Å². The van der Waals surface area contributed by atoms with E-state index >= 15 is 0 Å². The topological polar surface area (TPSA) is 42.2 Å². The fourth-order valence-electron chi connectivity index (χ4n) is 1.12. The molecule has 3 nitrogen and oxygen atoms in total. The molecule has 0 saturated heterocycles. The molecule has 0 bridgehead atoms. The van der Waals surface area contributed by atoms with Gasteiger partial charge in [0.2, 0.25) is 0 Å². The molecule has 12 heavy (non-hydrogen) atoms. The van der Waals surface area contributed by atoms with Gasteiger partial charge < -0.3 is 9.67 Å². The van der Waals surface area contributed by atoms with Crippen molar-refractivity contribution < 1.29 is 9.90 Å². The minimum atomic E-state index is -0.871. The monoisotopic (exact) mass is 167 g/mol. The molecule has 1 N–H and O–H groups in total. The molecule has 0 saturated carbocycles. The maximum Gasteiger partial charge on any atom is 0.352 e. The van der Waals surface area contributed by atoms with Crippen LogP contribution >= 0.6 is 0 Å². The molecule has 0 unspecified atom stereocenters. The second kappa shape index (κ2) is 3.01. The summed E-state index contributed by atoms with van der Waals surface area (Å²) < 4.78 is 1.64. The van der Waals surface area contributed by atoms with E-state index in [1.807, 2.05) is 20.0 Å². The zero-order valence-electron chi connectivity index (χ0n) is 7.53. The molecule has 0 fully saturated rings. The third-order valence-electron chi connectivity index (χ3n) is 1.91. The number of hydrogen-bond donors (Lipinski definition) is 1. The predicted molar refractivity (Wildman–Crippen MR) is 46.5 cm³/mol. The molecule has 0 atom stereocenters. The van der Waals surface area contributed by atoms with Gasteiger partial charge in [0.15, 0.2) is 0 Å². The Kier molecular flexibility index (Phi) is 2.22. The van der Waals surface area contributed by atoms with Crippen LogP contribution in [0.2, 0.25) is 0 Å². The van der Waals surface area contributed by atoms with Gasteiger partial charge in [0, 0.05) is 13.2 Å². The summed E-state index contributed by atoms with van der Waals surface area (Å²) >= 11 is 0. The van der Waals surface area contributed by atoms with Crippen molar-refractivity contribution in [2.24, 2.45) is 7.05 Å². The molecular formula is C9H13NO2.